The van der Waals surface area contributed by atoms with Gasteiger partial charge in [-0.3, -0.25) is 0 Å². The Balaban J connectivity index is 1.43. The zero-order valence-corrected chi connectivity index (χ0v) is 33.6. The predicted molar refractivity (Wildman–Crippen MR) is 196 cm³/mol. The van der Waals surface area contributed by atoms with Crippen molar-refractivity contribution in [3.8, 4) is 11.1 Å². The maximum atomic E-state index is 14.6. The summed E-state index contributed by atoms with van der Waals surface area (Å²) < 4.78 is 73.8. The molecule has 1 amide bonds. The number of benzene rings is 4. The number of hydrogen-bond donors (Lipinski definition) is 0. The number of para-hydroxylation sites is 1. The van der Waals surface area contributed by atoms with E-state index in [0.717, 1.165) is 47.1 Å². The van der Waals surface area contributed by atoms with Gasteiger partial charge in [0, 0.05) is 0 Å². The molecule has 4 aromatic carbocycles. The summed E-state index contributed by atoms with van der Waals surface area (Å²) in [7, 11) is 1.35. The van der Waals surface area contributed by atoms with Crippen molar-refractivity contribution in [2.45, 2.75) is 63.8 Å². The Hall–Kier alpha value is -4.54. The number of rotatable bonds is 14. The van der Waals surface area contributed by atoms with Crippen LogP contribution in [0.1, 0.15) is 55.4 Å². The van der Waals surface area contributed by atoms with Gasteiger partial charge in [-0.2, -0.15) is 13.2 Å². The molecule has 0 unspecified atom stereocenters. The second-order valence-electron chi connectivity index (χ2n) is 13.9. The number of esters is 1. The summed E-state index contributed by atoms with van der Waals surface area (Å²) in [6.45, 7) is 4.70. The second kappa shape index (κ2) is 17.9. The molecule has 13 heteroatoms. The molecule has 0 aliphatic carbocycles. The first kappa shape index (κ1) is 41.6. The molecular weight excluding hydrogens is 889 g/mol. The van der Waals surface area contributed by atoms with E-state index >= 15 is 0 Å². The predicted octanol–water partition coefficient (Wildman–Crippen LogP) is 7.67. The van der Waals surface area contributed by atoms with Crippen molar-refractivity contribution >= 4 is 27.9 Å². The van der Waals surface area contributed by atoms with Gasteiger partial charge in [0.2, 0.25) is 0 Å². The molecule has 4 aromatic rings. The van der Waals surface area contributed by atoms with Crippen LogP contribution >= 0.6 is 0 Å². The van der Waals surface area contributed by atoms with Crippen LogP contribution in [0.25, 0.3) is 11.1 Å². The Labute approximate surface area is 328 Å². The first-order valence-corrected chi connectivity index (χ1v) is 19.2. The number of piperidine rings is 1. The Kier molecular flexibility index (Phi) is 13.6. The number of aryl methyl sites for hydroxylation is 1. The molecule has 0 bridgehead atoms. The Morgan fingerprint density at radius 1 is 0.891 bits per heavy atom. The number of likely N-dealkylation sites (tertiary alicyclic amines) is 1. The summed E-state index contributed by atoms with van der Waals surface area (Å²) >= 11 is 0.976. The number of ether oxygens (including phenoxy) is 1. The molecule has 7 nitrogen and oxygen atoms in total. The van der Waals surface area contributed by atoms with Gasteiger partial charge in [0.1, 0.15) is 0 Å². The standard InChI is InChI=1S/C42H41F5N3O4.W/c1-41(2,40(53)54-3)49-24-21-35(22-25-49)50(26-29-13-15-30(16-14-29)31-17-19-34(20-18-31)42(45,46)47)38(52)27-48(37-12-5-4-8-33(37)28-51)23-7-10-32-9-6-11-36(43)39(32)44;/h4-6,8-9,11-20,35H,7,10,21-22,24-27H2,1-3H3;/q-1;. The van der Waals surface area contributed by atoms with E-state index < -0.39 is 28.9 Å². The average Bonchev–Trinajstić information content (AvgIpc) is 3.19. The van der Waals surface area contributed by atoms with E-state index in [1.165, 1.54) is 31.4 Å². The molecule has 0 radical (unpaired) electrons. The summed E-state index contributed by atoms with van der Waals surface area (Å²) in [6.07, 6.45) is -0.903. The fourth-order valence-corrected chi connectivity index (χ4v) is 7.79. The van der Waals surface area contributed by atoms with E-state index in [-0.39, 0.29) is 48.6 Å². The molecule has 0 spiro atoms. The topological polar surface area (TPSA) is 70.2 Å². The molecule has 5 rings (SSSR count). The van der Waals surface area contributed by atoms with Crippen LogP contribution in [-0.2, 0) is 57.6 Å². The number of nitrogens with zero attached hydrogens (tertiary/aromatic N) is 3. The minimum atomic E-state index is -4.44. The number of carbonyl (C=O) groups excluding carboxylic acids is 3. The van der Waals surface area contributed by atoms with Gasteiger partial charge < -0.3 is 0 Å². The van der Waals surface area contributed by atoms with Gasteiger partial charge >= 0.3 is 292 Å². The molecule has 0 atom stereocenters. The molecule has 0 aromatic heterocycles. The zero-order valence-electron chi connectivity index (χ0n) is 30.7. The van der Waals surface area contributed by atoms with Crippen LogP contribution in [0.15, 0.2) is 91.0 Å². The van der Waals surface area contributed by atoms with E-state index in [2.05, 4.69) is 0 Å². The number of alkyl halides is 3. The van der Waals surface area contributed by atoms with Gasteiger partial charge in [0.25, 0.3) is 0 Å². The van der Waals surface area contributed by atoms with Gasteiger partial charge in [0.05, 0.1) is 12.7 Å². The van der Waals surface area contributed by atoms with Gasteiger partial charge in [-0.1, -0.05) is 0 Å². The zero-order chi connectivity index (χ0) is 39.9. The first-order valence-electron chi connectivity index (χ1n) is 17.7. The fourth-order valence-electron chi connectivity index (χ4n) is 6.83. The third-order valence-electron chi connectivity index (χ3n) is 10.1. The average molecular weight is 931 g/mol. The van der Waals surface area contributed by atoms with E-state index in [1.54, 1.807) is 60.0 Å². The van der Waals surface area contributed by atoms with Crippen molar-refractivity contribution < 1.29 is 60.4 Å². The molecule has 1 heterocycles. The molecule has 290 valence electrons. The van der Waals surface area contributed by atoms with Crippen molar-refractivity contribution in [3.05, 3.63) is 125 Å². The first-order chi connectivity index (χ1) is 26.1. The number of anilines is 1. The molecule has 1 saturated heterocycles. The van der Waals surface area contributed by atoms with E-state index in [1.807, 2.05) is 23.3 Å². The molecular formula is C42H41F5N3O4W-. The van der Waals surface area contributed by atoms with E-state index in [9.17, 15) is 36.3 Å². The van der Waals surface area contributed by atoms with Crippen LogP contribution in [0.5, 0.6) is 0 Å². The summed E-state index contributed by atoms with van der Waals surface area (Å²) in [5.41, 5.74) is 1.42. The molecule has 55 heavy (non-hydrogen) atoms. The molecule has 0 saturated carbocycles. The Morgan fingerprint density at radius 2 is 1.51 bits per heavy atom. The number of hydrogen-bond acceptors (Lipinski definition) is 6. The van der Waals surface area contributed by atoms with Crippen LogP contribution in [0.3, 0.4) is 0 Å². The van der Waals surface area contributed by atoms with Crippen molar-refractivity contribution in [2.24, 2.45) is 0 Å². The van der Waals surface area contributed by atoms with E-state index in [0.29, 0.717) is 49.2 Å². The van der Waals surface area contributed by atoms with Crippen LogP contribution in [-0.4, -0.2) is 70.3 Å². The van der Waals surface area contributed by atoms with Crippen LogP contribution in [0.2, 0.25) is 0 Å². The van der Waals surface area contributed by atoms with Gasteiger partial charge in [-0.15, -0.1) is 0 Å². The monoisotopic (exact) mass is 930 g/mol. The van der Waals surface area contributed by atoms with E-state index in [4.69, 9.17) is 4.74 Å². The van der Waals surface area contributed by atoms with Gasteiger partial charge in [0.15, 0.2) is 0 Å². The normalized spacial score (nSPS) is 14.0. The summed E-state index contributed by atoms with van der Waals surface area (Å²) in [4.78, 5) is 44.9. The van der Waals surface area contributed by atoms with Crippen LogP contribution < -0.4 is 4.90 Å². The van der Waals surface area contributed by atoms with Crippen LogP contribution in [0, 0.1) is 11.6 Å². The fraction of sp³-hybridized carbons (Fsp3) is 0.333. The number of amides is 1. The summed E-state index contributed by atoms with van der Waals surface area (Å²) in [5, 5.41) is 0. The SMILES string of the molecule is COC(=O)C(C)(C)N1CCC(N(Cc2ccc(-c3ccc(C(F)(F)F)cc3)cc2)C(=O)CN([C](=[W])CCc2cccc(F)c2F)c2ccccc2[C-]=O)CC1. The number of carbonyl (C=O) groups is 2. The van der Waals surface area contributed by atoms with Gasteiger partial charge in [-0.05, 0) is 12.1 Å². The van der Waals surface area contributed by atoms with Crippen molar-refractivity contribution in [1.82, 2.24) is 9.80 Å². The number of halogens is 5. The third-order valence-corrected chi connectivity index (χ3v) is 11.6. The molecule has 0 N–H and O–H groups in total. The third kappa shape index (κ3) is 10.0. The maximum absolute atomic E-state index is 14.6. The molecule has 1 aliphatic rings. The Bertz CT molecular complexity index is 2000. The molecule has 1 aliphatic heterocycles. The second-order valence-corrected chi connectivity index (χ2v) is 15.6. The summed E-state index contributed by atoms with van der Waals surface area (Å²) in [5.74, 6) is -2.47. The molecule has 1 fully saturated rings. The van der Waals surface area contributed by atoms with Crippen LogP contribution in [0.4, 0.5) is 27.6 Å². The van der Waals surface area contributed by atoms with Crippen molar-refractivity contribution in [1.29, 1.82) is 0 Å². The van der Waals surface area contributed by atoms with Gasteiger partial charge in [-0.25, -0.2) is 0 Å². The minimum absolute atomic E-state index is 0.152. The van der Waals surface area contributed by atoms with Crippen molar-refractivity contribution in [2.75, 3.05) is 31.6 Å². The number of methoxy groups -OCH3 is 1. The quantitative estimate of drug-likeness (QED) is 0.0736. The van der Waals surface area contributed by atoms with Crippen molar-refractivity contribution in [3.63, 3.8) is 0 Å². The Morgan fingerprint density at radius 3 is 2.11 bits per heavy atom. The summed E-state index contributed by atoms with van der Waals surface area (Å²) in [6, 6.07) is 22.8.